The minimum atomic E-state index is -0.432. The number of carbonyl (C=O) groups excluding carboxylic acids is 2. The number of hydrogen-bond donors (Lipinski definition) is 0. The van der Waals surface area contributed by atoms with E-state index in [1.807, 2.05) is 48.6 Å². The van der Waals surface area contributed by atoms with Crippen LogP contribution < -0.4 is 4.74 Å². The van der Waals surface area contributed by atoms with E-state index >= 15 is 0 Å². The van der Waals surface area contributed by atoms with E-state index in [0.29, 0.717) is 29.9 Å². The molecule has 2 rings (SSSR count). The van der Waals surface area contributed by atoms with E-state index in [9.17, 15) is 9.59 Å². The third-order valence-electron chi connectivity index (χ3n) is 3.83. The molecule has 0 aliphatic rings. The Morgan fingerprint density at radius 2 is 1.39 bits per heavy atom. The second-order valence-electron chi connectivity index (χ2n) is 6.42. The van der Waals surface area contributed by atoms with Crippen LogP contribution in [0.3, 0.4) is 0 Å². The van der Waals surface area contributed by atoms with Crippen LogP contribution >= 0.6 is 0 Å². The monoisotopic (exact) mass is 376 g/mol. The third-order valence-corrected chi connectivity index (χ3v) is 3.83. The van der Waals surface area contributed by atoms with Gasteiger partial charge in [-0.05, 0) is 49.1 Å². The Kier molecular flexibility index (Phi) is 7.52. The van der Waals surface area contributed by atoms with Crippen LogP contribution in [0.25, 0.3) is 17.2 Å². The molecular weight excluding hydrogens is 352 g/mol. The minimum absolute atomic E-state index is 0.336. The average molecular weight is 376 g/mol. The maximum Gasteiger partial charge on any atom is 0.338 e. The molecule has 0 saturated heterocycles. The molecule has 0 aliphatic heterocycles. The van der Waals surface area contributed by atoms with Crippen molar-refractivity contribution in [2.45, 2.75) is 20.3 Å². The zero-order chi connectivity index (χ0) is 20.5. The molecule has 28 heavy (non-hydrogen) atoms. The van der Waals surface area contributed by atoms with Gasteiger partial charge in [-0.25, -0.2) is 9.59 Å². The summed E-state index contributed by atoms with van der Waals surface area (Å²) in [5.41, 5.74) is 3.91. The lowest BCUT2D eigenvalue weighted by Gasteiger charge is -2.06. The molecule has 0 atom stereocenters. The smallest absolute Gasteiger partial charge is 0.338 e. The van der Waals surface area contributed by atoms with Gasteiger partial charge in [-0.15, -0.1) is 0 Å². The molecule has 0 N–H and O–H groups in total. The zero-order valence-electron chi connectivity index (χ0n) is 16.2. The number of hydrogen-bond acceptors (Lipinski definition) is 4. The Hall–Kier alpha value is -3.40. The fourth-order valence-corrected chi connectivity index (χ4v) is 2.26. The van der Waals surface area contributed by atoms with E-state index in [1.165, 1.54) is 0 Å². The molecule has 0 amide bonds. The van der Waals surface area contributed by atoms with E-state index in [1.54, 1.807) is 26.0 Å². The van der Waals surface area contributed by atoms with Gasteiger partial charge in [0.25, 0.3) is 0 Å². The summed E-state index contributed by atoms with van der Waals surface area (Å²) in [6.45, 7) is 10.7. The highest BCUT2D eigenvalue weighted by Crippen LogP contribution is 2.23. The molecular formula is C24H24O4. The van der Waals surface area contributed by atoms with E-state index in [0.717, 1.165) is 16.7 Å². The van der Waals surface area contributed by atoms with Crippen LogP contribution in [-0.2, 0) is 14.3 Å². The first kappa shape index (κ1) is 20.9. The quantitative estimate of drug-likeness (QED) is 0.269. The molecule has 4 nitrogen and oxygen atoms in total. The van der Waals surface area contributed by atoms with Crippen LogP contribution in [0.4, 0.5) is 0 Å². The van der Waals surface area contributed by atoms with E-state index in [-0.39, 0.29) is 5.97 Å². The molecule has 0 unspecified atom stereocenters. The van der Waals surface area contributed by atoms with E-state index in [2.05, 4.69) is 13.2 Å². The van der Waals surface area contributed by atoms with Crippen LogP contribution in [0, 0.1) is 0 Å². The topological polar surface area (TPSA) is 52.6 Å². The molecule has 0 bridgehead atoms. The Bertz CT molecular complexity index is 887. The Labute approximate surface area is 165 Å². The zero-order valence-corrected chi connectivity index (χ0v) is 16.2. The number of ether oxygens (including phenoxy) is 2. The normalized spacial score (nSPS) is 10.5. The van der Waals surface area contributed by atoms with Gasteiger partial charge in [0.2, 0.25) is 0 Å². The predicted molar refractivity (Wildman–Crippen MR) is 112 cm³/mol. The van der Waals surface area contributed by atoms with Crippen molar-refractivity contribution in [1.29, 1.82) is 0 Å². The molecule has 0 spiro atoms. The summed E-state index contributed by atoms with van der Waals surface area (Å²) in [6, 6.07) is 15.4. The van der Waals surface area contributed by atoms with Gasteiger partial charge in [0.15, 0.2) is 0 Å². The highest BCUT2D eigenvalue weighted by atomic mass is 16.5. The van der Waals surface area contributed by atoms with E-state index < -0.39 is 5.97 Å². The van der Waals surface area contributed by atoms with Crippen molar-refractivity contribution < 1.29 is 19.1 Å². The van der Waals surface area contributed by atoms with Crippen molar-refractivity contribution in [3.8, 4) is 16.9 Å². The highest BCUT2D eigenvalue weighted by Gasteiger charge is 2.05. The third kappa shape index (κ3) is 6.40. The molecule has 0 heterocycles. The molecule has 144 valence electrons. The van der Waals surface area contributed by atoms with Crippen molar-refractivity contribution in [2.24, 2.45) is 0 Å². The lowest BCUT2D eigenvalue weighted by molar-refractivity contribution is -0.138. The standard InChI is InChI=1S/C24H24O4/c1-17(2)23(25)27-16-6-5-7-19-8-10-20(11-9-19)21-12-14-22(15-13-21)28-24(26)18(3)4/h5,7-15H,1,3,6,16H2,2,4H3. The summed E-state index contributed by atoms with van der Waals surface area (Å²) in [5, 5.41) is 0. The molecule has 0 saturated carbocycles. The fraction of sp³-hybridized carbons (Fsp3) is 0.167. The molecule has 2 aromatic rings. The molecule has 4 heteroatoms. The maximum atomic E-state index is 11.5. The molecule has 0 aliphatic carbocycles. The van der Waals surface area contributed by atoms with Gasteiger partial charge in [-0.1, -0.05) is 61.7 Å². The van der Waals surface area contributed by atoms with Gasteiger partial charge in [-0.3, -0.25) is 0 Å². The highest BCUT2D eigenvalue weighted by molar-refractivity contribution is 5.88. The van der Waals surface area contributed by atoms with Crippen LogP contribution in [0.2, 0.25) is 0 Å². The van der Waals surface area contributed by atoms with Crippen LogP contribution in [0.15, 0.2) is 78.9 Å². The van der Waals surface area contributed by atoms with Gasteiger partial charge in [0, 0.05) is 11.1 Å². The molecule has 0 radical (unpaired) electrons. The summed E-state index contributed by atoms with van der Waals surface area (Å²) in [7, 11) is 0. The number of esters is 2. The van der Waals surface area contributed by atoms with Gasteiger partial charge in [0.1, 0.15) is 5.75 Å². The lowest BCUT2D eigenvalue weighted by Crippen LogP contribution is -2.07. The van der Waals surface area contributed by atoms with Crippen molar-refractivity contribution >= 4 is 18.0 Å². The molecule has 2 aromatic carbocycles. The number of benzene rings is 2. The Morgan fingerprint density at radius 3 is 1.93 bits per heavy atom. The van der Waals surface area contributed by atoms with Gasteiger partial charge in [-0.2, -0.15) is 0 Å². The number of carbonyl (C=O) groups is 2. The first-order valence-electron chi connectivity index (χ1n) is 8.94. The summed E-state index contributed by atoms with van der Waals surface area (Å²) >= 11 is 0. The van der Waals surface area contributed by atoms with Crippen molar-refractivity contribution in [3.05, 3.63) is 84.5 Å². The fourth-order valence-electron chi connectivity index (χ4n) is 2.26. The average Bonchev–Trinajstić information content (AvgIpc) is 2.68. The van der Waals surface area contributed by atoms with Gasteiger partial charge >= 0.3 is 11.9 Å². The Balaban J connectivity index is 1.90. The maximum absolute atomic E-state index is 11.5. The second kappa shape index (κ2) is 10.1. The molecule has 0 fully saturated rings. The second-order valence-corrected chi connectivity index (χ2v) is 6.42. The lowest BCUT2D eigenvalue weighted by atomic mass is 10.0. The Morgan fingerprint density at radius 1 is 0.857 bits per heavy atom. The van der Waals surface area contributed by atoms with Crippen molar-refractivity contribution in [2.75, 3.05) is 6.61 Å². The van der Waals surface area contributed by atoms with Gasteiger partial charge in [0.05, 0.1) is 6.61 Å². The summed E-state index contributed by atoms with van der Waals surface area (Å²) in [6.07, 6.45) is 4.59. The number of rotatable bonds is 8. The SMILES string of the molecule is C=C(C)C(=O)OCCC=Cc1ccc(-c2ccc(OC(=O)C(=C)C)cc2)cc1. The summed E-state index contributed by atoms with van der Waals surface area (Å²) in [4.78, 5) is 22.8. The minimum Gasteiger partial charge on any atom is -0.462 e. The first-order chi connectivity index (χ1) is 13.4. The molecule has 0 aromatic heterocycles. The van der Waals surface area contributed by atoms with Crippen LogP contribution in [-0.4, -0.2) is 18.5 Å². The first-order valence-corrected chi connectivity index (χ1v) is 8.94. The van der Waals surface area contributed by atoms with E-state index in [4.69, 9.17) is 9.47 Å². The van der Waals surface area contributed by atoms with Crippen molar-refractivity contribution in [1.82, 2.24) is 0 Å². The predicted octanol–water partition coefficient (Wildman–Crippen LogP) is 5.36. The van der Waals surface area contributed by atoms with Crippen molar-refractivity contribution in [3.63, 3.8) is 0 Å². The largest absolute Gasteiger partial charge is 0.462 e. The summed E-state index contributed by atoms with van der Waals surface area (Å²) in [5.74, 6) is -0.305. The van der Waals surface area contributed by atoms with Gasteiger partial charge < -0.3 is 9.47 Å². The van der Waals surface area contributed by atoms with Crippen LogP contribution in [0.5, 0.6) is 5.75 Å². The van der Waals surface area contributed by atoms with Crippen LogP contribution in [0.1, 0.15) is 25.8 Å². The summed E-state index contributed by atoms with van der Waals surface area (Å²) < 4.78 is 10.2.